The van der Waals surface area contributed by atoms with Crippen LogP contribution in [0.3, 0.4) is 0 Å². The zero-order chi connectivity index (χ0) is 11.8. The maximum Gasteiger partial charge on any atom is 0.130 e. The summed E-state index contributed by atoms with van der Waals surface area (Å²) >= 11 is 0. The average molecular weight is 256 g/mol. The number of rotatable bonds is 7. The van der Waals surface area contributed by atoms with Gasteiger partial charge in [0, 0.05) is 23.6 Å². The van der Waals surface area contributed by atoms with Crippen molar-refractivity contribution in [1.29, 1.82) is 0 Å². The molecule has 0 saturated carbocycles. The van der Waals surface area contributed by atoms with Gasteiger partial charge >= 0.3 is 0 Å². The summed E-state index contributed by atoms with van der Waals surface area (Å²) in [5, 5.41) is 0. The van der Waals surface area contributed by atoms with E-state index in [-0.39, 0.29) is 5.78 Å². The van der Waals surface area contributed by atoms with E-state index < -0.39 is 0 Å². The Kier molecular flexibility index (Phi) is 6.56. The summed E-state index contributed by atoms with van der Waals surface area (Å²) in [5.41, 5.74) is 3.79. The first-order valence-electron chi connectivity index (χ1n) is 5.03. The van der Waals surface area contributed by atoms with Gasteiger partial charge in [0.25, 0.3) is 0 Å². The van der Waals surface area contributed by atoms with Crippen LogP contribution in [0.25, 0.3) is 0 Å². The second-order valence-corrected chi connectivity index (χ2v) is 5.87. The molecule has 3 nitrogen and oxygen atoms in total. The van der Waals surface area contributed by atoms with Gasteiger partial charge in [-0.15, -0.1) is 0 Å². The third-order valence-corrected chi connectivity index (χ3v) is 4.31. The third-order valence-electron chi connectivity index (χ3n) is 1.92. The lowest BCUT2D eigenvalue weighted by Gasteiger charge is -2.02. The number of ketones is 1. The SMILES string of the molecule is CC(=O)CCSSc1ccc(CNN)cc1. The zero-order valence-corrected chi connectivity index (χ0v) is 10.9. The summed E-state index contributed by atoms with van der Waals surface area (Å²) < 4.78 is 0. The molecule has 0 aliphatic heterocycles. The molecule has 88 valence electrons. The van der Waals surface area contributed by atoms with Crippen LogP contribution in [0.2, 0.25) is 0 Å². The smallest absolute Gasteiger partial charge is 0.130 e. The summed E-state index contributed by atoms with van der Waals surface area (Å²) in [6, 6.07) is 8.23. The third kappa shape index (κ3) is 5.55. The lowest BCUT2D eigenvalue weighted by molar-refractivity contribution is -0.116. The van der Waals surface area contributed by atoms with Gasteiger partial charge in [0.15, 0.2) is 0 Å². The van der Waals surface area contributed by atoms with Crippen molar-refractivity contribution in [2.24, 2.45) is 5.84 Å². The van der Waals surface area contributed by atoms with Crippen LogP contribution in [0.1, 0.15) is 18.9 Å². The first-order chi connectivity index (χ1) is 7.72. The van der Waals surface area contributed by atoms with E-state index in [2.05, 4.69) is 17.6 Å². The van der Waals surface area contributed by atoms with E-state index in [0.29, 0.717) is 13.0 Å². The van der Waals surface area contributed by atoms with Gasteiger partial charge in [-0.25, -0.2) is 0 Å². The van der Waals surface area contributed by atoms with Crippen LogP contribution in [-0.4, -0.2) is 11.5 Å². The Balaban J connectivity index is 2.29. The van der Waals surface area contributed by atoms with Crippen LogP contribution in [0, 0.1) is 0 Å². The van der Waals surface area contributed by atoms with Crippen LogP contribution in [0.4, 0.5) is 0 Å². The van der Waals surface area contributed by atoms with Crippen molar-refractivity contribution in [2.75, 3.05) is 5.75 Å². The molecule has 1 rings (SSSR count). The predicted molar refractivity (Wildman–Crippen MR) is 71.1 cm³/mol. The van der Waals surface area contributed by atoms with Crippen molar-refractivity contribution in [3.63, 3.8) is 0 Å². The van der Waals surface area contributed by atoms with Gasteiger partial charge in [-0.2, -0.15) is 0 Å². The molecule has 0 spiro atoms. The standard InChI is InChI=1S/C11H16N2OS2/c1-9(14)6-7-15-16-11-4-2-10(3-5-11)8-13-12/h2-5,13H,6-8,12H2,1H3. The average Bonchev–Trinajstić information content (AvgIpc) is 2.27. The Morgan fingerprint density at radius 2 is 2.06 bits per heavy atom. The minimum absolute atomic E-state index is 0.248. The highest BCUT2D eigenvalue weighted by Gasteiger charge is 1.97. The largest absolute Gasteiger partial charge is 0.300 e. The number of carbonyl (C=O) groups is 1. The van der Waals surface area contributed by atoms with Gasteiger partial charge in [-0.05, 0) is 24.6 Å². The van der Waals surface area contributed by atoms with E-state index in [9.17, 15) is 4.79 Å². The van der Waals surface area contributed by atoms with Gasteiger partial charge in [0.2, 0.25) is 0 Å². The number of nitrogens with two attached hydrogens (primary N) is 1. The van der Waals surface area contributed by atoms with E-state index >= 15 is 0 Å². The first kappa shape index (κ1) is 13.6. The number of hydrazine groups is 1. The lowest BCUT2D eigenvalue weighted by Crippen LogP contribution is -2.20. The second-order valence-electron chi connectivity index (χ2n) is 3.38. The van der Waals surface area contributed by atoms with Crippen LogP contribution < -0.4 is 11.3 Å². The molecule has 16 heavy (non-hydrogen) atoms. The van der Waals surface area contributed by atoms with E-state index in [4.69, 9.17) is 5.84 Å². The summed E-state index contributed by atoms with van der Waals surface area (Å²) in [5.74, 6) is 6.35. The number of nitrogens with one attached hydrogen (secondary N) is 1. The molecule has 0 saturated heterocycles. The van der Waals surface area contributed by atoms with Crippen molar-refractivity contribution in [2.45, 2.75) is 24.8 Å². The molecule has 0 aliphatic carbocycles. The van der Waals surface area contributed by atoms with Gasteiger partial charge in [0.05, 0.1) is 0 Å². The molecule has 5 heteroatoms. The molecular formula is C11H16N2OS2. The van der Waals surface area contributed by atoms with Crippen molar-refractivity contribution in [3.8, 4) is 0 Å². The highest BCUT2D eigenvalue weighted by Crippen LogP contribution is 2.31. The molecule has 0 amide bonds. The van der Waals surface area contributed by atoms with E-state index in [1.54, 1.807) is 28.5 Å². The van der Waals surface area contributed by atoms with Crippen molar-refractivity contribution in [1.82, 2.24) is 5.43 Å². The number of Topliss-reactive ketones (excluding diaryl/α,β-unsaturated/α-hetero) is 1. The van der Waals surface area contributed by atoms with E-state index in [1.165, 1.54) is 10.5 Å². The Morgan fingerprint density at radius 3 is 2.62 bits per heavy atom. The highest BCUT2D eigenvalue weighted by molar-refractivity contribution is 8.76. The zero-order valence-electron chi connectivity index (χ0n) is 9.23. The fraction of sp³-hybridized carbons (Fsp3) is 0.364. The maximum atomic E-state index is 10.7. The van der Waals surface area contributed by atoms with Crippen LogP contribution >= 0.6 is 21.6 Å². The quantitative estimate of drug-likeness (QED) is 0.339. The minimum atomic E-state index is 0.248. The van der Waals surface area contributed by atoms with Gasteiger partial charge in [0.1, 0.15) is 5.78 Å². The van der Waals surface area contributed by atoms with Crippen LogP contribution in [-0.2, 0) is 11.3 Å². The van der Waals surface area contributed by atoms with E-state index in [1.807, 2.05) is 12.1 Å². The molecule has 0 heterocycles. The van der Waals surface area contributed by atoms with Gasteiger partial charge in [-0.1, -0.05) is 33.7 Å². The molecular weight excluding hydrogens is 240 g/mol. The fourth-order valence-corrected chi connectivity index (χ4v) is 3.15. The summed E-state index contributed by atoms with van der Waals surface area (Å²) in [7, 11) is 3.41. The molecule has 1 aromatic rings. The Bertz CT molecular complexity index is 327. The summed E-state index contributed by atoms with van der Waals surface area (Å²) in [4.78, 5) is 11.9. The molecule has 0 fully saturated rings. The van der Waals surface area contributed by atoms with Crippen molar-refractivity contribution in [3.05, 3.63) is 29.8 Å². The van der Waals surface area contributed by atoms with E-state index in [0.717, 1.165) is 5.75 Å². The van der Waals surface area contributed by atoms with Crippen molar-refractivity contribution >= 4 is 27.4 Å². The number of hydrogen-bond acceptors (Lipinski definition) is 5. The Morgan fingerprint density at radius 1 is 1.38 bits per heavy atom. The molecule has 0 radical (unpaired) electrons. The first-order valence-corrected chi connectivity index (χ1v) is 7.35. The molecule has 1 aromatic carbocycles. The number of benzene rings is 1. The van der Waals surface area contributed by atoms with Gasteiger partial charge < -0.3 is 0 Å². The van der Waals surface area contributed by atoms with Crippen molar-refractivity contribution < 1.29 is 4.79 Å². The number of hydrogen-bond donors (Lipinski definition) is 2. The number of carbonyl (C=O) groups excluding carboxylic acids is 1. The molecule has 0 aliphatic rings. The van der Waals surface area contributed by atoms with Crippen LogP contribution in [0.5, 0.6) is 0 Å². The Hall–Kier alpha value is -0.490. The topological polar surface area (TPSA) is 55.1 Å². The fourth-order valence-electron chi connectivity index (χ4n) is 1.08. The predicted octanol–water partition coefficient (Wildman–Crippen LogP) is 2.37. The van der Waals surface area contributed by atoms with Gasteiger partial charge in [-0.3, -0.25) is 16.1 Å². The van der Waals surface area contributed by atoms with Crippen LogP contribution in [0.15, 0.2) is 29.2 Å². The normalized spacial score (nSPS) is 10.4. The second kappa shape index (κ2) is 7.73. The Labute approximate surface area is 104 Å². The molecule has 0 atom stereocenters. The maximum absolute atomic E-state index is 10.7. The minimum Gasteiger partial charge on any atom is -0.300 e. The molecule has 3 N–H and O–H groups in total. The molecule has 0 bridgehead atoms. The molecule has 0 aromatic heterocycles. The summed E-state index contributed by atoms with van der Waals surface area (Å²) in [6.07, 6.45) is 0.646. The summed E-state index contributed by atoms with van der Waals surface area (Å²) in [6.45, 7) is 2.31. The highest BCUT2D eigenvalue weighted by atomic mass is 33.1. The lowest BCUT2D eigenvalue weighted by atomic mass is 10.2. The monoisotopic (exact) mass is 256 g/mol. The molecule has 0 unspecified atom stereocenters.